The van der Waals surface area contributed by atoms with Gasteiger partial charge in [-0.05, 0) is 12.3 Å². The number of carbonyl (C=O) groups excluding carboxylic acids is 1. The lowest BCUT2D eigenvalue weighted by atomic mass is 10.0. The monoisotopic (exact) mass is 198 g/mol. The quantitative estimate of drug-likeness (QED) is 0.659. The standard InChI is InChI=1S/C10H18N2O2/c1-3-4-9(5-11)10(14)12-6-8(2)7-13/h8-9,13H,3-4,6-7H2,1-2H3,(H,12,14). The number of hydrogen-bond acceptors (Lipinski definition) is 3. The second-order valence-electron chi connectivity index (χ2n) is 3.50. The summed E-state index contributed by atoms with van der Waals surface area (Å²) in [6.45, 7) is 4.25. The Labute approximate surface area is 84.9 Å². The molecule has 0 saturated heterocycles. The normalized spacial score (nSPS) is 14.1. The zero-order valence-electron chi connectivity index (χ0n) is 8.79. The van der Waals surface area contributed by atoms with Crippen LogP contribution in [0.4, 0.5) is 0 Å². The molecule has 2 unspecified atom stereocenters. The number of carbonyl (C=O) groups is 1. The first-order chi connectivity index (χ1) is 6.65. The van der Waals surface area contributed by atoms with E-state index in [0.717, 1.165) is 6.42 Å². The van der Waals surface area contributed by atoms with Crippen molar-refractivity contribution in [2.45, 2.75) is 26.7 Å². The van der Waals surface area contributed by atoms with E-state index < -0.39 is 5.92 Å². The fraction of sp³-hybridized carbons (Fsp3) is 0.800. The smallest absolute Gasteiger partial charge is 0.237 e. The second kappa shape index (κ2) is 7.34. The van der Waals surface area contributed by atoms with Crippen LogP contribution >= 0.6 is 0 Å². The summed E-state index contributed by atoms with van der Waals surface area (Å²) in [5, 5.41) is 20.1. The van der Waals surface area contributed by atoms with Crippen molar-refractivity contribution in [2.24, 2.45) is 11.8 Å². The third kappa shape index (κ3) is 4.83. The number of nitrogens with zero attached hydrogens (tertiary/aromatic N) is 1. The van der Waals surface area contributed by atoms with Crippen LogP contribution in [0, 0.1) is 23.2 Å². The van der Waals surface area contributed by atoms with E-state index in [1.807, 2.05) is 19.9 Å². The average Bonchev–Trinajstić information content (AvgIpc) is 2.21. The van der Waals surface area contributed by atoms with E-state index >= 15 is 0 Å². The summed E-state index contributed by atoms with van der Waals surface area (Å²) in [5.74, 6) is -0.736. The maximum Gasteiger partial charge on any atom is 0.237 e. The minimum atomic E-state index is -0.550. The van der Waals surface area contributed by atoms with Crippen LogP contribution in [0.2, 0.25) is 0 Å². The molecule has 1 amide bonds. The Morgan fingerprint density at radius 3 is 2.71 bits per heavy atom. The van der Waals surface area contributed by atoms with Gasteiger partial charge in [0.1, 0.15) is 5.92 Å². The fourth-order valence-corrected chi connectivity index (χ4v) is 1.01. The highest BCUT2D eigenvalue weighted by Crippen LogP contribution is 2.04. The number of aliphatic hydroxyl groups is 1. The molecule has 2 atom stereocenters. The fourth-order valence-electron chi connectivity index (χ4n) is 1.01. The summed E-state index contributed by atoms with van der Waals surface area (Å²) in [6, 6.07) is 1.97. The largest absolute Gasteiger partial charge is 0.396 e. The third-order valence-corrected chi connectivity index (χ3v) is 1.99. The molecule has 2 N–H and O–H groups in total. The molecule has 0 aromatic heterocycles. The Kier molecular flexibility index (Phi) is 6.77. The van der Waals surface area contributed by atoms with Gasteiger partial charge in [-0.1, -0.05) is 20.3 Å². The maximum absolute atomic E-state index is 11.4. The van der Waals surface area contributed by atoms with Gasteiger partial charge in [-0.2, -0.15) is 5.26 Å². The molecule has 0 spiro atoms. The number of nitrogens with one attached hydrogen (secondary N) is 1. The molecule has 0 aromatic carbocycles. The molecular weight excluding hydrogens is 180 g/mol. The molecule has 0 rings (SSSR count). The van der Waals surface area contributed by atoms with E-state index in [1.165, 1.54) is 0 Å². The van der Waals surface area contributed by atoms with Crippen molar-refractivity contribution in [3.8, 4) is 6.07 Å². The van der Waals surface area contributed by atoms with Crippen molar-refractivity contribution >= 4 is 5.91 Å². The van der Waals surface area contributed by atoms with E-state index in [0.29, 0.717) is 13.0 Å². The van der Waals surface area contributed by atoms with Gasteiger partial charge in [0.2, 0.25) is 5.91 Å². The van der Waals surface area contributed by atoms with E-state index in [2.05, 4.69) is 5.32 Å². The number of hydrogen-bond donors (Lipinski definition) is 2. The summed E-state index contributed by atoms with van der Waals surface area (Å²) in [5.41, 5.74) is 0. The predicted molar refractivity (Wildman–Crippen MR) is 53.3 cm³/mol. The van der Waals surface area contributed by atoms with E-state index in [9.17, 15) is 4.79 Å². The average molecular weight is 198 g/mol. The summed E-state index contributed by atoms with van der Waals surface area (Å²) in [7, 11) is 0. The van der Waals surface area contributed by atoms with Crippen LogP contribution in [0.3, 0.4) is 0 Å². The Morgan fingerprint density at radius 1 is 1.64 bits per heavy atom. The topological polar surface area (TPSA) is 73.1 Å². The van der Waals surface area contributed by atoms with Crippen LogP contribution in [0.25, 0.3) is 0 Å². The van der Waals surface area contributed by atoms with Crippen LogP contribution in [0.5, 0.6) is 0 Å². The highest BCUT2D eigenvalue weighted by Gasteiger charge is 2.16. The molecule has 0 bridgehead atoms. The molecule has 14 heavy (non-hydrogen) atoms. The first kappa shape index (κ1) is 12.9. The van der Waals surface area contributed by atoms with Crippen molar-refractivity contribution in [1.29, 1.82) is 5.26 Å². The molecule has 0 fully saturated rings. The van der Waals surface area contributed by atoms with E-state index in [1.54, 1.807) is 0 Å². The molecule has 0 saturated carbocycles. The lowest BCUT2D eigenvalue weighted by Gasteiger charge is -2.12. The molecule has 0 heterocycles. The number of aliphatic hydroxyl groups excluding tert-OH is 1. The lowest BCUT2D eigenvalue weighted by molar-refractivity contribution is -0.123. The molecular formula is C10H18N2O2. The highest BCUT2D eigenvalue weighted by atomic mass is 16.3. The van der Waals surface area contributed by atoms with Crippen LogP contribution in [0.1, 0.15) is 26.7 Å². The molecule has 4 nitrogen and oxygen atoms in total. The maximum atomic E-state index is 11.4. The summed E-state index contributed by atoms with van der Waals surface area (Å²) in [4.78, 5) is 11.4. The van der Waals surface area contributed by atoms with E-state index in [-0.39, 0.29) is 18.4 Å². The molecule has 0 aliphatic carbocycles. The van der Waals surface area contributed by atoms with Crippen LogP contribution in [-0.2, 0) is 4.79 Å². The number of rotatable bonds is 6. The molecule has 0 aliphatic rings. The predicted octanol–water partition coefficient (Wildman–Crippen LogP) is 0.671. The Balaban J connectivity index is 3.88. The van der Waals surface area contributed by atoms with Gasteiger partial charge < -0.3 is 10.4 Å². The van der Waals surface area contributed by atoms with Crippen molar-refractivity contribution in [2.75, 3.05) is 13.2 Å². The number of nitriles is 1. The summed E-state index contributed by atoms with van der Waals surface area (Å²) < 4.78 is 0. The first-order valence-electron chi connectivity index (χ1n) is 4.93. The van der Waals surface area contributed by atoms with Crippen molar-refractivity contribution in [3.05, 3.63) is 0 Å². The molecule has 0 aliphatic heterocycles. The van der Waals surface area contributed by atoms with Gasteiger partial charge in [-0.3, -0.25) is 4.79 Å². The van der Waals surface area contributed by atoms with Crippen molar-refractivity contribution < 1.29 is 9.90 Å². The second-order valence-corrected chi connectivity index (χ2v) is 3.50. The van der Waals surface area contributed by atoms with E-state index in [4.69, 9.17) is 10.4 Å². The third-order valence-electron chi connectivity index (χ3n) is 1.99. The molecule has 80 valence electrons. The number of amides is 1. The molecule has 4 heteroatoms. The highest BCUT2D eigenvalue weighted by molar-refractivity contribution is 5.80. The Hall–Kier alpha value is -1.08. The van der Waals surface area contributed by atoms with Gasteiger partial charge >= 0.3 is 0 Å². The van der Waals surface area contributed by atoms with Gasteiger partial charge in [0, 0.05) is 13.2 Å². The lowest BCUT2D eigenvalue weighted by Crippen LogP contribution is -2.34. The zero-order valence-corrected chi connectivity index (χ0v) is 8.79. The van der Waals surface area contributed by atoms with Gasteiger partial charge in [-0.15, -0.1) is 0 Å². The van der Waals surface area contributed by atoms with Crippen molar-refractivity contribution in [3.63, 3.8) is 0 Å². The Bertz CT molecular complexity index is 211. The first-order valence-corrected chi connectivity index (χ1v) is 4.93. The minimum Gasteiger partial charge on any atom is -0.396 e. The van der Waals surface area contributed by atoms with Crippen LogP contribution < -0.4 is 5.32 Å². The van der Waals surface area contributed by atoms with Crippen LogP contribution in [0.15, 0.2) is 0 Å². The van der Waals surface area contributed by atoms with Crippen LogP contribution in [-0.4, -0.2) is 24.2 Å². The minimum absolute atomic E-state index is 0.0416. The van der Waals surface area contributed by atoms with Gasteiger partial charge in [0.25, 0.3) is 0 Å². The van der Waals surface area contributed by atoms with Gasteiger partial charge in [0.15, 0.2) is 0 Å². The SMILES string of the molecule is CCCC(C#N)C(=O)NCC(C)CO. The van der Waals surface area contributed by atoms with Gasteiger partial charge in [-0.25, -0.2) is 0 Å². The summed E-state index contributed by atoms with van der Waals surface area (Å²) >= 11 is 0. The molecule has 0 aromatic rings. The summed E-state index contributed by atoms with van der Waals surface area (Å²) in [6.07, 6.45) is 1.41. The Morgan fingerprint density at radius 2 is 2.29 bits per heavy atom. The van der Waals surface area contributed by atoms with Gasteiger partial charge in [0.05, 0.1) is 6.07 Å². The van der Waals surface area contributed by atoms with Crippen molar-refractivity contribution in [1.82, 2.24) is 5.32 Å². The molecule has 0 radical (unpaired) electrons. The zero-order chi connectivity index (χ0) is 11.0.